The van der Waals surface area contributed by atoms with E-state index >= 15 is 0 Å². The van der Waals surface area contributed by atoms with Crippen LogP contribution in [0.15, 0.2) is 24.3 Å². The number of para-hydroxylation sites is 1. The Bertz CT molecular complexity index is 639. The average molecular weight is 343 g/mol. The molecular formula is C15H16F3N3O3. The van der Waals surface area contributed by atoms with Gasteiger partial charge in [-0.05, 0) is 12.1 Å². The molecule has 0 aromatic heterocycles. The molecule has 0 aliphatic rings. The fourth-order valence-electron chi connectivity index (χ4n) is 1.67. The Hall–Kier alpha value is -2.76. The van der Waals surface area contributed by atoms with Crippen LogP contribution in [0.5, 0.6) is 5.75 Å². The van der Waals surface area contributed by atoms with Crippen LogP contribution in [-0.2, 0) is 9.59 Å². The molecule has 0 radical (unpaired) electrons. The van der Waals surface area contributed by atoms with Crippen LogP contribution in [0.2, 0.25) is 0 Å². The van der Waals surface area contributed by atoms with Crippen molar-refractivity contribution in [3.05, 3.63) is 29.8 Å². The van der Waals surface area contributed by atoms with E-state index in [0.717, 1.165) is 4.90 Å². The predicted molar refractivity (Wildman–Crippen MR) is 78.0 cm³/mol. The second kappa shape index (κ2) is 8.19. The van der Waals surface area contributed by atoms with Gasteiger partial charge in [0, 0.05) is 14.1 Å². The first-order chi connectivity index (χ1) is 11.1. The summed E-state index contributed by atoms with van der Waals surface area (Å²) in [6.45, 7) is -2.99. The maximum absolute atomic E-state index is 12.6. The number of rotatable bonds is 6. The zero-order chi connectivity index (χ0) is 18.3. The number of nitrogens with zero attached hydrogens (tertiary/aromatic N) is 3. The lowest BCUT2D eigenvalue weighted by atomic mass is 10.2. The molecule has 0 saturated heterocycles. The molecule has 0 spiro atoms. The Morgan fingerprint density at radius 3 is 2.38 bits per heavy atom. The Labute approximate surface area is 137 Å². The number of halogens is 3. The van der Waals surface area contributed by atoms with Crippen LogP contribution >= 0.6 is 0 Å². The van der Waals surface area contributed by atoms with Gasteiger partial charge in [0.2, 0.25) is 5.91 Å². The van der Waals surface area contributed by atoms with Gasteiger partial charge in [-0.15, -0.1) is 0 Å². The van der Waals surface area contributed by atoms with Crippen molar-refractivity contribution in [3.8, 4) is 11.8 Å². The van der Waals surface area contributed by atoms with E-state index in [2.05, 4.69) is 0 Å². The summed E-state index contributed by atoms with van der Waals surface area (Å²) in [5, 5.41) is 8.90. The van der Waals surface area contributed by atoms with Crippen LogP contribution in [0.25, 0.3) is 0 Å². The van der Waals surface area contributed by atoms with Gasteiger partial charge in [0.05, 0.1) is 5.56 Å². The predicted octanol–water partition coefficient (Wildman–Crippen LogP) is 1.42. The first kappa shape index (κ1) is 19.3. The number of hydrogen-bond donors (Lipinski definition) is 0. The monoisotopic (exact) mass is 343 g/mol. The van der Waals surface area contributed by atoms with Gasteiger partial charge in [-0.1, -0.05) is 12.1 Å². The minimum absolute atomic E-state index is 0.0826. The highest BCUT2D eigenvalue weighted by Crippen LogP contribution is 2.18. The van der Waals surface area contributed by atoms with Gasteiger partial charge in [0.15, 0.2) is 6.61 Å². The van der Waals surface area contributed by atoms with Crippen LogP contribution < -0.4 is 4.74 Å². The molecule has 1 aromatic carbocycles. The van der Waals surface area contributed by atoms with Crippen LogP contribution in [0, 0.1) is 11.3 Å². The summed E-state index contributed by atoms with van der Waals surface area (Å²) in [6.07, 6.45) is -4.65. The topological polar surface area (TPSA) is 73.6 Å². The second-order valence-corrected chi connectivity index (χ2v) is 5.05. The molecule has 0 unspecified atom stereocenters. The third-order valence-corrected chi connectivity index (χ3v) is 2.91. The van der Waals surface area contributed by atoms with Crippen molar-refractivity contribution in [2.24, 2.45) is 0 Å². The number of hydrogen-bond acceptors (Lipinski definition) is 4. The van der Waals surface area contributed by atoms with E-state index in [-0.39, 0.29) is 11.3 Å². The van der Waals surface area contributed by atoms with Crippen LogP contribution in [0.4, 0.5) is 13.2 Å². The van der Waals surface area contributed by atoms with Crippen molar-refractivity contribution in [3.63, 3.8) is 0 Å². The average Bonchev–Trinajstić information content (AvgIpc) is 2.50. The highest BCUT2D eigenvalue weighted by molar-refractivity contribution is 5.85. The normalized spacial score (nSPS) is 10.7. The largest absolute Gasteiger partial charge is 0.482 e. The third kappa shape index (κ3) is 6.16. The third-order valence-electron chi connectivity index (χ3n) is 2.91. The fourth-order valence-corrected chi connectivity index (χ4v) is 1.67. The zero-order valence-corrected chi connectivity index (χ0v) is 13.1. The number of amides is 2. The van der Waals surface area contributed by atoms with Crippen LogP contribution in [0.1, 0.15) is 5.56 Å². The molecule has 0 fully saturated rings. The van der Waals surface area contributed by atoms with Crippen molar-refractivity contribution in [2.75, 3.05) is 33.8 Å². The Balaban J connectivity index is 2.80. The van der Waals surface area contributed by atoms with E-state index in [9.17, 15) is 22.8 Å². The first-order valence-corrected chi connectivity index (χ1v) is 6.80. The summed E-state index contributed by atoms with van der Waals surface area (Å²) < 4.78 is 42.9. The zero-order valence-electron chi connectivity index (χ0n) is 13.1. The van der Waals surface area contributed by atoms with E-state index in [4.69, 9.17) is 10.00 Å². The first-order valence-electron chi connectivity index (χ1n) is 6.80. The standard InChI is InChI=1S/C15H16F3N3O3/c1-20(2)13(22)8-21(10-15(16,17)18)14(23)9-24-12-6-4-3-5-11(12)7-19/h3-6H,8-10H2,1-2H3. The molecule has 0 aliphatic heterocycles. The van der Waals surface area contributed by atoms with Crippen molar-refractivity contribution in [1.29, 1.82) is 5.26 Å². The van der Waals surface area contributed by atoms with E-state index in [0.29, 0.717) is 4.90 Å². The molecule has 1 rings (SSSR count). The molecule has 0 saturated carbocycles. The summed E-state index contributed by atoms with van der Waals surface area (Å²) in [6, 6.07) is 7.85. The van der Waals surface area contributed by atoms with Gasteiger partial charge in [-0.3, -0.25) is 9.59 Å². The van der Waals surface area contributed by atoms with Crippen LogP contribution in [0.3, 0.4) is 0 Å². The number of likely N-dealkylation sites (N-methyl/N-ethyl adjacent to an activating group) is 1. The molecule has 2 amide bonds. The second-order valence-electron chi connectivity index (χ2n) is 5.05. The van der Waals surface area contributed by atoms with Gasteiger partial charge in [-0.25, -0.2) is 0 Å². The van der Waals surface area contributed by atoms with Crippen LogP contribution in [-0.4, -0.2) is 61.6 Å². The summed E-state index contributed by atoms with van der Waals surface area (Å²) in [5.41, 5.74) is 0.150. The highest BCUT2D eigenvalue weighted by atomic mass is 19.4. The smallest absolute Gasteiger partial charge is 0.406 e. The molecule has 0 N–H and O–H groups in total. The maximum atomic E-state index is 12.6. The quantitative estimate of drug-likeness (QED) is 0.783. The lowest BCUT2D eigenvalue weighted by Gasteiger charge is -2.24. The molecule has 0 heterocycles. The molecule has 1 aromatic rings. The molecule has 6 nitrogen and oxygen atoms in total. The van der Waals surface area contributed by atoms with E-state index < -0.39 is 37.7 Å². The SMILES string of the molecule is CN(C)C(=O)CN(CC(F)(F)F)C(=O)COc1ccccc1C#N. The van der Waals surface area contributed by atoms with Gasteiger partial charge < -0.3 is 14.5 Å². The number of carbonyl (C=O) groups excluding carboxylic acids is 2. The fraction of sp³-hybridized carbons (Fsp3) is 0.400. The van der Waals surface area contributed by atoms with Gasteiger partial charge in [0.25, 0.3) is 5.91 Å². The van der Waals surface area contributed by atoms with Gasteiger partial charge in [0.1, 0.15) is 24.9 Å². The molecule has 0 atom stereocenters. The minimum atomic E-state index is -4.65. The Morgan fingerprint density at radius 1 is 1.21 bits per heavy atom. The number of alkyl halides is 3. The molecule has 0 bridgehead atoms. The summed E-state index contributed by atoms with van der Waals surface area (Å²) in [7, 11) is 2.75. The van der Waals surface area contributed by atoms with Crippen molar-refractivity contribution < 1.29 is 27.5 Å². The Morgan fingerprint density at radius 2 is 1.83 bits per heavy atom. The van der Waals surface area contributed by atoms with E-state index in [1.165, 1.54) is 26.2 Å². The van der Waals surface area contributed by atoms with E-state index in [1.54, 1.807) is 12.1 Å². The lowest BCUT2D eigenvalue weighted by molar-refractivity contribution is -0.165. The molecular weight excluding hydrogens is 327 g/mol. The summed E-state index contributed by atoms with van der Waals surface area (Å²) >= 11 is 0. The van der Waals surface area contributed by atoms with E-state index in [1.807, 2.05) is 6.07 Å². The highest BCUT2D eigenvalue weighted by Gasteiger charge is 2.34. The summed E-state index contributed by atoms with van der Waals surface area (Å²) in [4.78, 5) is 25.1. The maximum Gasteiger partial charge on any atom is 0.406 e. The molecule has 0 aliphatic carbocycles. The van der Waals surface area contributed by atoms with Gasteiger partial charge in [-0.2, -0.15) is 18.4 Å². The minimum Gasteiger partial charge on any atom is -0.482 e. The molecule has 9 heteroatoms. The molecule has 24 heavy (non-hydrogen) atoms. The summed E-state index contributed by atoms with van der Waals surface area (Å²) in [5.74, 6) is -1.57. The number of benzene rings is 1. The van der Waals surface area contributed by atoms with Crippen molar-refractivity contribution in [2.45, 2.75) is 6.18 Å². The number of ether oxygens (including phenoxy) is 1. The Kier molecular flexibility index (Phi) is 6.58. The van der Waals surface area contributed by atoms with Gasteiger partial charge >= 0.3 is 6.18 Å². The molecule has 130 valence electrons. The lowest BCUT2D eigenvalue weighted by Crippen LogP contribution is -2.46. The van der Waals surface area contributed by atoms with Crippen molar-refractivity contribution in [1.82, 2.24) is 9.80 Å². The number of carbonyl (C=O) groups is 2. The van der Waals surface area contributed by atoms with Crippen molar-refractivity contribution >= 4 is 11.8 Å². The number of nitriles is 1.